The van der Waals surface area contributed by atoms with Crippen molar-refractivity contribution in [1.82, 2.24) is 9.80 Å². The lowest BCUT2D eigenvalue weighted by Gasteiger charge is -2.34. The van der Waals surface area contributed by atoms with E-state index in [4.69, 9.17) is 9.47 Å². The molecule has 0 aliphatic carbocycles. The van der Waals surface area contributed by atoms with E-state index in [2.05, 4.69) is 25.7 Å². The minimum absolute atomic E-state index is 0.127. The summed E-state index contributed by atoms with van der Waals surface area (Å²) in [6.07, 6.45) is 4.79. The molecular weight excluding hydrogens is 292 g/mol. The number of likely N-dealkylation sites (tertiary alicyclic amines) is 2. The highest BCUT2D eigenvalue weighted by Gasteiger charge is 2.22. The summed E-state index contributed by atoms with van der Waals surface area (Å²) in [7, 11) is 0. The van der Waals surface area contributed by atoms with Gasteiger partial charge in [-0.15, -0.1) is 0 Å². The summed E-state index contributed by atoms with van der Waals surface area (Å²) in [5.41, 5.74) is 0. The summed E-state index contributed by atoms with van der Waals surface area (Å²) in [5.74, 6) is 0.873. The maximum Gasteiger partial charge on any atom is 0.248 e. The van der Waals surface area contributed by atoms with Gasteiger partial charge >= 0.3 is 0 Å². The van der Waals surface area contributed by atoms with Crippen LogP contribution in [0.3, 0.4) is 0 Å². The Morgan fingerprint density at radius 3 is 2.30 bits per heavy atom. The van der Waals surface area contributed by atoms with Gasteiger partial charge in [-0.1, -0.05) is 6.92 Å². The largest absolute Gasteiger partial charge is 0.376 e. The number of hydrogen-bond acceptors (Lipinski definition) is 4. The van der Waals surface area contributed by atoms with Gasteiger partial charge in [-0.3, -0.25) is 4.79 Å². The van der Waals surface area contributed by atoms with Crippen molar-refractivity contribution in [3.05, 3.63) is 0 Å². The molecule has 0 saturated carbocycles. The van der Waals surface area contributed by atoms with E-state index in [1.807, 2.05) is 4.90 Å². The molecule has 134 valence electrons. The minimum atomic E-state index is 0.127. The molecule has 23 heavy (non-hydrogen) atoms. The third-order valence-corrected chi connectivity index (χ3v) is 5.15. The Morgan fingerprint density at radius 1 is 1.04 bits per heavy atom. The molecule has 0 radical (unpaired) electrons. The van der Waals surface area contributed by atoms with Gasteiger partial charge in [-0.2, -0.15) is 0 Å². The molecule has 0 unspecified atom stereocenters. The van der Waals surface area contributed by atoms with E-state index in [0.717, 1.165) is 57.8 Å². The molecule has 2 heterocycles. The fourth-order valence-electron chi connectivity index (χ4n) is 3.34. The average Bonchev–Trinajstić information content (AvgIpc) is 2.55. The molecule has 0 N–H and O–H groups in total. The van der Waals surface area contributed by atoms with Gasteiger partial charge in [0.2, 0.25) is 5.91 Å². The number of ether oxygens (including phenoxy) is 2. The van der Waals surface area contributed by atoms with Crippen molar-refractivity contribution in [2.24, 2.45) is 5.92 Å². The highest BCUT2D eigenvalue weighted by molar-refractivity contribution is 5.77. The number of nitrogens with zero attached hydrogens (tertiary/aromatic N) is 2. The highest BCUT2D eigenvalue weighted by atomic mass is 16.5. The van der Waals surface area contributed by atoms with Gasteiger partial charge < -0.3 is 19.3 Å². The molecule has 0 spiro atoms. The van der Waals surface area contributed by atoms with Crippen LogP contribution in [0, 0.1) is 5.92 Å². The lowest BCUT2D eigenvalue weighted by atomic mass is 9.99. The van der Waals surface area contributed by atoms with Gasteiger partial charge in [0.1, 0.15) is 6.61 Å². The van der Waals surface area contributed by atoms with E-state index in [-0.39, 0.29) is 12.5 Å². The standard InChI is InChI=1S/C18H34N2O3/c1-15(2)19-10-6-17(7-11-19)23-13-12-22-14-18(21)20-8-4-16(3)5-9-20/h15-17H,4-14H2,1-3H3. The minimum Gasteiger partial charge on any atom is -0.376 e. The second kappa shape index (κ2) is 9.60. The van der Waals surface area contributed by atoms with Gasteiger partial charge in [0.05, 0.1) is 19.3 Å². The second-order valence-electron chi connectivity index (χ2n) is 7.32. The predicted octanol–water partition coefficient (Wildman–Crippen LogP) is 2.15. The van der Waals surface area contributed by atoms with Gasteiger partial charge in [-0.05, 0) is 45.4 Å². The Bertz CT molecular complexity index is 346. The Hall–Kier alpha value is -0.650. The third-order valence-electron chi connectivity index (χ3n) is 5.15. The third kappa shape index (κ3) is 6.40. The molecule has 5 nitrogen and oxygen atoms in total. The van der Waals surface area contributed by atoms with E-state index in [1.54, 1.807) is 0 Å². The topological polar surface area (TPSA) is 42.0 Å². The smallest absolute Gasteiger partial charge is 0.248 e. The molecule has 2 rings (SSSR count). The predicted molar refractivity (Wildman–Crippen MR) is 91.5 cm³/mol. The molecule has 0 aromatic heterocycles. The molecule has 0 atom stereocenters. The number of rotatable bonds is 7. The second-order valence-corrected chi connectivity index (χ2v) is 7.32. The summed E-state index contributed by atoms with van der Waals surface area (Å²) in [6.45, 7) is 12.1. The zero-order valence-electron chi connectivity index (χ0n) is 15.1. The van der Waals surface area contributed by atoms with Crippen LogP contribution in [0.25, 0.3) is 0 Å². The molecule has 2 aliphatic heterocycles. The number of carbonyl (C=O) groups excluding carboxylic acids is 1. The van der Waals surface area contributed by atoms with E-state index in [9.17, 15) is 4.79 Å². The van der Waals surface area contributed by atoms with Crippen LogP contribution in [0.1, 0.15) is 46.5 Å². The van der Waals surface area contributed by atoms with Crippen LogP contribution in [-0.2, 0) is 14.3 Å². The quantitative estimate of drug-likeness (QED) is 0.672. The maximum atomic E-state index is 12.0. The summed E-state index contributed by atoms with van der Waals surface area (Å²) < 4.78 is 11.4. The highest BCUT2D eigenvalue weighted by Crippen LogP contribution is 2.16. The van der Waals surface area contributed by atoms with Crippen LogP contribution in [0.4, 0.5) is 0 Å². The van der Waals surface area contributed by atoms with Crippen LogP contribution in [0.5, 0.6) is 0 Å². The Balaban J connectivity index is 1.49. The summed E-state index contributed by atoms with van der Waals surface area (Å²) in [4.78, 5) is 16.5. The van der Waals surface area contributed by atoms with Crippen molar-refractivity contribution < 1.29 is 14.3 Å². The van der Waals surface area contributed by atoms with Gasteiger partial charge in [0, 0.05) is 32.2 Å². The fraction of sp³-hybridized carbons (Fsp3) is 0.944. The maximum absolute atomic E-state index is 12.0. The van der Waals surface area contributed by atoms with Crippen LogP contribution < -0.4 is 0 Å². The first-order valence-electron chi connectivity index (χ1n) is 9.27. The molecule has 0 aromatic carbocycles. The Labute approximate surface area is 141 Å². The van der Waals surface area contributed by atoms with Gasteiger partial charge in [-0.25, -0.2) is 0 Å². The normalized spacial score (nSPS) is 22.0. The number of hydrogen-bond donors (Lipinski definition) is 0. The van der Waals surface area contributed by atoms with E-state index < -0.39 is 0 Å². The molecular formula is C18H34N2O3. The molecule has 0 bridgehead atoms. The fourth-order valence-corrected chi connectivity index (χ4v) is 3.34. The SMILES string of the molecule is CC1CCN(C(=O)COCCOC2CCN(C(C)C)CC2)CC1. The van der Waals surface area contributed by atoms with E-state index in [1.165, 1.54) is 0 Å². The van der Waals surface area contributed by atoms with Crippen molar-refractivity contribution in [2.45, 2.75) is 58.6 Å². The van der Waals surface area contributed by atoms with Crippen molar-refractivity contribution >= 4 is 5.91 Å². The Kier molecular flexibility index (Phi) is 7.80. The van der Waals surface area contributed by atoms with Crippen molar-refractivity contribution in [3.8, 4) is 0 Å². The molecule has 5 heteroatoms. The zero-order valence-corrected chi connectivity index (χ0v) is 15.1. The van der Waals surface area contributed by atoms with Crippen molar-refractivity contribution in [3.63, 3.8) is 0 Å². The van der Waals surface area contributed by atoms with Gasteiger partial charge in [0.25, 0.3) is 0 Å². The molecule has 1 amide bonds. The first-order valence-corrected chi connectivity index (χ1v) is 9.27. The monoisotopic (exact) mass is 326 g/mol. The molecule has 2 saturated heterocycles. The number of piperidine rings is 2. The van der Waals surface area contributed by atoms with E-state index >= 15 is 0 Å². The van der Waals surface area contributed by atoms with Crippen LogP contribution >= 0.6 is 0 Å². The molecule has 2 aliphatic rings. The summed E-state index contributed by atoms with van der Waals surface area (Å²) >= 11 is 0. The first kappa shape index (κ1) is 18.7. The number of carbonyl (C=O) groups is 1. The van der Waals surface area contributed by atoms with Crippen LogP contribution in [0.15, 0.2) is 0 Å². The summed E-state index contributed by atoms with van der Waals surface area (Å²) in [6, 6.07) is 0.628. The van der Waals surface area contributed by atoms with Gasteiger partial charge in [0.15, 0.2) is 0 Å². The average molecular weight is 326 g/mol. The van der Waals surface area contributed by atoms with Crippen molar-refractivity contribution in [1.29, 1.82) is 0 Å². The lowest BCUT2D eigenvalue weighted by molar-refractivity contribution is -0.138. The lowest BCUT2D eigenvalue weighted by Crippen LogP contribution is -2.41. The van der Waals surface area contributed by atoms with Crippen LogP contribution in [-0.4, -0.2) is 73.9 Å². The molecule has 2 fully saturated rings. The zero-order chi connectivity index (χ0) is 16.7. The summed E-state index contributed by atoms with van der Waals surface area (Å²) in [5, 5.41) is 0. The first-order chi connectivity index (χ1) is 11.1. The van der Waals surface area contributed by atoms with Crippen LogP contribution in [0.2, 0.25) is 0 Å². The molecule has 0 aromatic rings. The van der Waals surface area contributed by atoms with Crippen molar-refractivity contribution in [2.75, 3.05) is 46.0 Å². The number of amides is 1. The Morgan fingerprint density at radius 2 is 1.70 bits per heavy atom. The van der Waals surface area contributed by atoms with E-state index in [0.29, 0.717) is 25.4 Å².